The molecule has 0 N–H and O–H groups in total. The van der Waals surface area contributed by atoms with Crippen LogP contribution in [0.2, 0.25) is 0 Å². The van der Waals surface area contributed by atoms with Crippen LogP contribution in [0.25, 0.3) is 0 Å². The Bertz CT molecular complexity index is 453. The Kier molecular flexibility index (Phi) is 6.03. The zero-order valence-corrected chi connectivity index (χ0v) is 12.3. The summed E-state index contributed by atoms with van der Waals surface area (Å²) in [7, 11) is 0. The maximum Gasteiger partial charge on any atom is 0.177 e. The number of nitriles is 1. The minimum Gasteiger partial charge on any atom is -0.295 e. The second-order valence-corrected chi connectivity index (χ2v) is 5.12. The van der Waals surface area contributed by atoms with E-state index in [0.29, 0.717) is 18.7 Å². The number of Topliss-reactive ketones (excluding diaryl/α,β-unsaturated/α-hetero) is 1. The molecule has 0 aliphatic heterocycles. The van der Waals surface area contributed by atoms with Crippen LogP contribution in [0.5, 0.6) is 0 Å². The average Bonchev–Trinajstić information content (AvgIpc) is 2.38. The summed E-state index contributed by atoms with van der Waals surface area (Å²) in [4.78, 5) is 14.1. The van der Waals surface area contributed by atoms with Crippen LogP contribution >= 0.6 is 15.9 Å². The first-order valence-electron chi connectivity index (χ1n) is 5.98. The Morgan fingerprint density at radius 3 is 2.72 bits per heavy atom. The molecule has 4 heteroatoms. The number of likely N-dealkylation sites (N-methyl/N-ethyl adjacent to an activating group) is 1. The lowest BCUT2D eigenvalue weighted by Crippen LogP contribution is -2.33. The van der Waals surface area contributed by atoms with Gasteiger partial charge in [0.15, 0.2) is 5.78 Å². The lowest BCUT2D eigenvalue weighted by Gasteiger charge is -2.20. The zero-order valence-electron chi connectivity index (χ0n) is 10.7. The van der Waals surface area contributed by atoms with Crippen molar-refractivity contribution >= 4 is 21.7 Å². The van der Waals surface area contributed by atoms with E-state index in [2.05, 4.69) is 22.0 Å². The molecule has 0 aliphatic rings. The summed E-state index contributed by atoms with van der Waals surface area (Å²) in [6.45, 7) is 5.61. The van der Waals surface area contributed by atoms with Gasteiger partial charge in [-0.3, -0.25) is 9.69 Å². The molecule has 0 heterocycles. The predicted molar refractivity (Wildman–Crippen MR) is 75.4 cm³/mol. The number of carbonyl (C=O) groups excluding carboxylic acids is 1. The van der Waals surface area contributed by atoms with Crippen LogP contribution in [0.4, 0.5) is 0 Å². The highest BCUT2D eigenvalue weighted by Gasteiger charge is 2.15. The molecule has 0 fully saturated rings. The third kappa shape index (κ3) is 4.25. The van der Waals surface area contributed by atoms with E-state index in [-0.39, 0.29) is 11.7 Å². The van der Waals surface area contributed by atoms with E-state index in [1.165, 1.54) is 0 Å². The average molecular weight is 309 g/mol. The van der Waals surface area contributed by atoms with Gasteiger partial charge >= 0.3 is 0 Å². The second-order valence-electron chi connectivity index (χ2n) is 4.26. The number of rotatable bonds is 6. The molecule has 1 aromatic carbocycles. The van der Waals surface area contributed by atoms with Crippen molar-refractivity contribution in [1.29, 1.82) is 5.26 Å². The second kappa shape index (κ2) is 7.30. The Balaban J connectivity index is 2.69. The van der Waals surface area contributed by atoms with Gasteiger partial charge < -0.3 is 0 Å². The Hall–Kier alpha value is -1.18. The van der Waals surface area contributed by atoms with E-state index in [4.69, 9.17) is 5.26 Å². The van der Waals surface area contributed by atoms with Gasteiger partial charge in [-0.2, -0.15) is 5.26 Å². The van der Waals surface area contributed by atoms with Crippen molar-refractivity contribution < 1.29 is 4.79 Å². The highest BCUT2D eigenvalue weighted by molar-refractivity contribution is 9.10. The molecule has 0 aliphatic carbocycles. The number of benzene rings is 1. The summed E-state index contributed by atoms with van der Waals surface area (Å²) < 4.78 is 0.819. The van der Waals surface area contributed by atoms with Crippen LogP contribution in [0, 0.1) is 17.2 Å². The molecule has 1 aromatic rings. The molecule has 1 atom stereocenters. The summed E-state index contributed by atoms with van der Waals surface area (Å²) in [5, 5.41) is 8.81. The molecule has 18 heavy (non-hydrogen) atoms. The molecule has 1 rings (SSSR count). The molecular weight excluding hydrogens is 292 g/mol. The Morgan fingerprint density at radius 2 is 2.17 bits per heavy atom. The van der Waals surface area contributed by atoms with Gasteiger partial charge in [-0.1, -0.05) is 41.1 Å². The van der Waals surface area contributed by atoms with Crippen molar-refractivity contribution in [3.05, 3.63) is 34.3 Å². The maximum absolute atomic E-state index is 12.2. The third-order valence-electron chi connectivity index (χ3n) is 2.74. The van der Waals surface area contributed by atoms with Gasteiger partial charge in [0.25, 0.3) is 0 Å². The first-order chi connectivity index (χ1) is 8.58. The molecule has 1 unspecified atom stereocenters. The highest BCUT2D eigenvalue weighted by atomic mass is 79.9. The van der Waals surface area contributed by atoms with Crippen molar-refractivity contribution in [1.82, 2.24) is 4.90 Å². The van der Waals surface area contributed by atoms with Gasteiger partial charge in [-0.05, 0) is 19.5 Å². The van der Waals surface area contributed by atoms with E-state index in [1.807, 2.05) is 43.0 Å². The Labute approximate surface area is 117 Å². The van der Waals surface area contributed by atoms with E-state index in [9.17, 15) is 4.79 Å². The summed E-state index contributed by atoms with van der Waals surface area (Å²) in [6, 6.07) is 9.61. The van der Waals surface area contributed by atoms with Gasteiger partial charge in [0.05, 0.1) is 18.5 Å². The number of nitrogens with zero attached hydrogens (tertiary/aromatic N) is 2. The van der Waals surface area contributed by atoms with E-state index in [0.717, 1.165) is 11.0 Å². The molecule has 0 bridgehead atoms. The molecule has 96 valence electrons. The number of hydrogen-bond acceptors (Lipinski definition) is 3. The van der Waals surface area contributed by atoms with Gasteiger partial charge in [-0.15, -0.1) is 0 Å². The molecule has 0 saturated heterocycles. The SMILES string of the molecule is CCN(CC(=O)c1ccccc1Br)CC(C)C#N. The van der Waals surface area contributed by atoms with Crippen LogP contribution in [0.15, 0.2) is 28.7 Å². The topological polar surface area (TPSA) is 44.1 Å². The van der Waals surface area contributed by atoms with Crippen molar-refractivity contribution in [3.63, 3.8) is 0 Å². The summed E-state index contributed by atoms with van der Waals surface area (Å²) >= 11 is 3.38. The molecule has 0 saturated carbocycles. The molecule has 0 amide bonds. The minimum atomic E-state index is -0.0584. The minimum absolute atomic E-state index is 0.0584. The van der Waals surface area contributed by atoms with Gasteiger partial charge in [0.1, 0.15) is 0 Å². The molecule has 0 radical (unpaired) electrons. The summed E-state index contributed by atoms with van der Waals surface area (Å²) in [5.41, 5.74) is 0.695. The first kappa shape index (κ1) is 14.9. The van der Waals surface area contributed by atoms with E-state index >= 15 is 0 Å². The van der Waals surface area contributed by atoms with Crippen molar-refractivity contribution in [2.45, 2.75) is 13.8 Å². The maximum atomic E-state index is 12.2. The van der Waals surface area contributed by atoms with Crippen molar-refractivity contribution in [2.75, 3.05) is 19.6 Å². The number of halogens is 1. The van der Waals surface area contributed by atoms with Gasteiger partial charge in [0, 0.05) is 16.6 Å². The molecule has 0 aromatic heterocycles. The third-order valence-corrected chi connectivity index (χ3v) is 3.43. The fourth-order valence-electron chi connectivity index (χ4n) is 1.71. The van der Waals surface area contributed by atoms with Crippen molar-refractivity contribution in [3.8, 4) is 6.07 Å². The van der Waals surface area contributed by atoms with Crippen LogP contribution in [0.1, 0.15) is 24.2 Å². The number of hydrogen-bond donors (Lipinski definition) is 0. The molecular formula is C14H17BrN2O. The fraction of sp³-hybridized carbons (Fsp3) is 0.429. The first-order valence-corrected chi connectivity index (χ1v) is 6.77. The van der Waals surface area contributed by atoms with Gasteiger partial charge in [-0.25, -0.2) is 0 Å². The quantitative estimate of drug-likeness (QED) is 0.758. The monoisotopic (exact) mass is 308 g/mol. The van der Waals surface area contributed by atoms with E-state index in [1.54, 1.807) is 0 Å². The van der Waals surface area contributed by atoms with Crippen molar-refractivity contribution in [2.24, 2.45) is 5.92 Å². The smallest absolute Gasteiger partial charge is 0.177 e. The predicted octanol–water partition coefficient (Wildman–Crippen LogP) is 3.11. The van der Waals surface area contributed by atoms with Crippen LogP contribution in [0.3, 0.4) is 0 Å². The van der Waals surface area contributed by atoms with Crippen LogP contribution < -0.4 is 0 Å². The lowest BCUT2D eigenvalue weighted by atomic mass is 10.1. The fourth-order valence-corrected chi connectivity index (χ4v) is 2.22. The lowest BCUT2D eigenvalue weighted by molar-refractivity contribution is 0.0928. The normalized spacial score (nSPS) is 12.2. The number of carbonyl (C=O) groups is 1. The van der Waals surface area contributed by atoms with Crippen LogP contribution in [-0.4, -0.2) is 30.3 Å². The summed E-state index contributed by atoms with van der Waals surface area (Å²) in [6.07, 6.45) is 0. The largest absolute Gasteiger partial charge is 0.295 e. The molecule has 0 spiro atoms. The van der Waals surface area contributed by atoms with E-state index < -0.39 is 0 Å². The Morgan fingerprint density at radius 1 is 1.50 bits per heavy atom. The number of ketones is 1. The van der Waals surface area contributed by atoms with Gasteiger partial charge in [0.2, 0.25) is 0 Å². The van der Waals surface area contributed by atoms with Crippen LogP contribution in [-0.2, 0) is 0 Å². The zero-order chi connectivity index (χ0) is 13.5. The molecule has 3 nitrogen and oxygen atoms in total. The highest BCUT2D eigenvalue weighted by Crippen LogP contribution is 2.16. The summed E-state index contributed by atoms with van der Waals surface area (Å²) in [5.74, 6) is 0.0198. The standard InChI is InChI=1S/C14H17BrN2O/c1-3-17(9-11(2)8-16)10-14(18)12-6-4-5-7-13(12)15/h4-7,11H,3,9-10H2,1-2H3.